The third-order valence-corrected chi connectivity index (χ3v) is 6.42. The predicted octanol–water partition coefficient (Wildman–Crippen LogP) is 1.13. The summed E-state index contributed by atoms with van der Waals surface area (Å²) in [4.78, 5) is 12.8. The average molecular weight is 374 g/mol. The van der Waals surface area contributed by atoms with E-state index in [0.29, 0.717) is 19.4 Å². The Bertz CT molecular complexity index is 648. The monoisotopic (exact) mass is 373 g/mol. The number of nitrogens with zero attached hydrogens (tertiary/aromatic N) is 1. The van der Waals surface area contributed by atoms with Crippen LogP contribution in [0.3, 0.4) is 0 Å². The highest BCUT2D eigenvalue weighted by Gasteiger charge is 2.39. The lowest BCUT2D eigenvalue weighted by Gasteiger charge is -2.28. The SMILES string of the molecule is Cl.O=C(NC1CCCNC1)C1CCCN1S(=O)(=O)c1ccccc1. The van der Waals surface area contributed by atoms with Crippen LogP contribution >= 0.6 is 12.4 Å². The molecule has 8 heteroatoms. The largest absolute Gasteiger partial charge is 0.351 e. The summed E-state index contributed by atoms with van der Waals surface area (Å²) in [5.41, 5.74) is 0. The van der Waals surface area contributed by atoms with Gasteiger partial charge in [-0.1, -0.05) is 18.2 Å². The van der Waals surface area contributed by atoms with E-state index in [9.17, 15) is 13.2 Å². The van der Waals surface area contributed by atoms with Gasteiger partial charge in [-0.25, -0.2) is 8.42 Å². The maximum absolute atomic E-state index is 12.8. The lowest BCUT2D eigenvalue weighted by Crippen LogP contribution is -2.52. The third-order valence-electron chi connectivity index (χ3n) is 4.50. The molecule has 0 saturated carbocycles. The fourth-order valence-electron chi connectivity index (χ4n) is 3.29. The number of benzene rings is 1. The summed E-state index contributed by atoms with van der Waals surface area (Å²) in [5.74, 6) is -0.171. The Morgan fingerprint density at radius 1 is 1.17 bits per heavy atom. The van der Waals surface area contributed by atoms with Crippen molar-refractivity contribution in [2.24, 2.45) is 0 Å². The molecule has 2 heterocycles. The summed E-state index contributed by atoms with van der Waals surface area (Å²) in [6.07, 6.45) is 3.27. The zero-order valence-corrected chi connectivity index (χ0v) is 15.1. The highest BCUT2D eigenvalue weighted by Crippen LogP contribution is 2.26. The Labute approximate surface area is 149 Å². The minimum atomic E-state index is -3.62. The van der Waals surface area contributed by atoms with Crippen LogP contribution in [-0.2, 0) is 14.8 Å². The lowest BCUT2D eigenvalue weighted by atomic mass is 10.1. The van der Waals surface area contributed by atoms with E-state index < -0.39 is 16.1 Å². The van der Waals surface area contributed by atoms with Gasteiger partial charge in [0.15, 0.2) is 0 Å². The molecule has 24 heavy (non-hydrogen) atoms. The number of nitrogens with one attached hydrogen (secondary N) is 2. The molecule has 0 spiro atoms. The van der Waals surface area contributed by atoms with E-state index in [1.54, 1.807) is 30.3 Å². The van der Waals surface area contributed by atoms with Crippen molar-refractivity contribution < 1.29 is 13.2 Å². The molecule has 2 unspecified atom stereocenters. The van der Waals surface area contributed by atoms with Crippen LogP contribution in [0, 0.1) is 0 Å². The number of hydrogen-bond acceptors (Lipinski definition) is 4. The Morgan fingerprint density at radius 2 is 1.92 bits per heavy atom. The van der Waals surface area contributed by atoms with Gasteiger partial charge in [-0.15, -0.1) is 12.4 Å². The molecule has 0 bridgehead atoms. The van der Waals surface area contributed by atoms with E-state index in [1.807, 2.05) is 0 Å². The van der Waals surface area contributed by atoms with Crippen LogP contribution < -0.4 is 10.6 Å². The Balaban J connectivity index is 0.00000208. The number of halogens is 1. The Hall–Kier alpha value is -1.15. The van der Waals surface area contributed by atoms with Crippen LogP contribution in [-0.4, -0.2) is 50.3 Å². The number of sulfonamides is 1. The fourth-order valence-corrected chi connectivity index (χ4v) is 4.97. The maximum atomic E-state index is 12.8. The van der Waals surface area contributed by atoms with E-state index in [4.69, 9.17) is 0 Å². The van der Waals surface area contributed by atoms with Crippen LogP contribution in [0.15, 0.2) is 35.2 Å². The van der Waals surface area contributed by atoms with Crippen LogP contribution in [0.4, 0.5) is 0 Å². The molecule has 2 atom stereocenters. The van der Waals surface area contributed by atoms with Gasteiger partial charge < -0.3 is 10.6 Å². The van der Waals surface area contributed by atoms with Gasteiger partial charge in [0.25, 0.3) is 0 Å². The second-order valence-electron chi connectivity index (χ2n) is 6.14. The van der Waals surface area contributed by atoms with Crippen molar-refractivity contribution in [1.82, 2.24) is 14.9 Å². The summed E-state index contributed by atoms with van der Waals surface area (Å²) in [5, 5.41) is 6.26. The van der Waals surface area contributed by atoms with Crippen molar-refractivity contribution in [1.29, 1.82) is 0 Å². The number of piperidine rings is 1. The second-order valence-corrected chi connectivity index (χ2v) is 8.03. The molecule has 1 aromatic rings. The molecule has 3 rings (SSSR count). The zero-order valence-electron chi connectivity index (χ0n) is 13.5. The highest BCUT2D eigenvalue weighted by molar-refractivity contribution is 7.89. The van der Waals surface area contributed by atoms with Gasteiger partial charge in [0.05, 0.1) is 4.90 Å². The number of amides is 1. The summed E-state index contributed by atoms with van der Waals surface area (Å²) >= 11 is 0. The molecule has 0 aromatic heterocycles. The zero-order chi connectivity index (χ0) is 16.3. The summed E-state index contributed by atoms with van der Waals surface area (Å²) in [6.45, 7) is 2.13. The van der Waals surface area contributed by atoms with Crippen molar-refractivity contribution in [3.8, 4) is 0 Å². The molecule has 1 aromatic carbocycles. The van der Waals surface area contributed by atoms with Gasteiger partial charge in [-0.05, 0) is 44.4 Å². The molecular weight excluding hydrogens is 350 g/mol. The molecule has 2 aliphatic heterocycles. The summed E-state index contributed by atoms with van der Waals surface area (Å²) < 4.78 is 26.9. The second kappa shape index (κ2) is 8.29. The van der Waals surface area contributed by atoms with E-state index in [2.05, 4.69) is 10.6 Å². The lowest BCUT2D eigenvalue weighted by molar-refractivity contribution is -0.125. The summed E-state index contributed by atoms with van der Waals surface area (Å²) in [7, 11) is -3.62. The van der Waals surface area contributed by atoms with Gasteiger partial charge in [0, 0.05) is 19.1 Å². The smallest absolute Gasteiger partial charge is 0.243 e. The molecule has 1 amide bonds. The van der Waals surface area contributed by atoms with Crippen molar-refractivity contribution in [2.75, 3.05) is 19.6 Å². The first kappa shape index (κ1) is 19.2. The van der Waals surface area contributed by atoms with Crippen LogP contribution in [0.25, 0.3) is 0 Å². The van der Waals surface area contributed by atoms with Crippen molar-refractivity contribution >= 4 is 28.3 Å². The van der Waals surface area contributed by atoms with Crippen LogP contribution in [0.5, 0.6) is 0 Å². The molecule has 0 aliphatic carbocycles. The Kier molecular flexibility index (Phi) is 6.62. The molecule has 6 nitrogen and oxygen atoms in total. The van der Waals surface area contributed by atoms with Gasteiger partial charge in [0.1, 0.15) is 6.04 Å². The van der Waals surface area contributed by atoms with Gasteiger partial charge in [-0.2, -0.15) is 4.31 Å². The Morgan fingerprint density at radius 3 is 2.58 bits per heavy atom. The molecule has 2 saturated heterocycles. The molecule has 2 N–H and O–H groups in total. The number of hydrogen-bond donors (Lipinski definition) is 2. The van der Waals surface area contributed by atoms with Crippen molar-refractivity contribution in [2.45, 2.75) is 42.7 Å². The first-order chi connectivity index (χ1) is 11.1. The number of rotatable bonds is 4. The molecule has 2 aliphatic rings. The first-order valence-corrected chi connectivity index (χ1v) is 9.61. The number of carbonyl (C=O) groups excluding carboxylic acids is 1. The highest BCUT2D eigenvalue weighted by atomic mass is 35.5. The predicted molar refractivity (Wildman–Crippen MR) is 94.6 cm³/mol. The van der Waals surface area contributed by atoms with Crippen molar-refractivity contribution in [3.05, 3.63) is 30.3 Å². The fraction of sp³-hybridized carbons (Fsp3) is 0.562. The van der Waals surface area contributed by atoms with Gasteiger partial charge in [0.2, 0.25) is 15.9 Å². The minimum Gasteiger partial charge on any atom is -0.351 e. The molecular formula is C16H24ClN3O3S. The normalized spacial score (nSPS) is 25.0. The van der Waals surface area contributed by atoms with Crippen molar-refractivity contribution in [3.63, 3.8) is 0 Å². The minimum absolute atomic E-state index is 0. The van der Waals surface area contributed by atoms with Crippen LogP contribution in [0.1, 0.15) is 25.7 Å². The van der Waals surface area contributed by atoms with E-state index in [-0.39, 0.29) is 29.3 Å². The molecule has 2 fully saturated rings. The summed E-state index contributed by atoms with van der Waals surface area (Å²) in [6, 6.07) is 7.84. The molecule has 0 radical (unpaired) electrons. The van der Waals surface area contributed by atoms with E-state index in [0.717, 1.165) is 25.9 Å². The standard InChI is InChI=1S/C16H23N3O3S.ClH/c20-16(18-13-6-4-10-17-12-13)15-9-5-11-19(15)23(21,22)14-7-2-1-3-8-14;/h1-3,7-8,13,15,17H,4-6,9-12H2,(H,18,20);1H. The maximum Gasteiger partial charge on any atom is 0.243 e. The first-order valence-electron chi connectivity index (χ1n) is 8.17. The van der Waals surface area contributed by atoms with Gasteiger partial charge in [-0.3, -0.25) is 4.79 Å². The third kappa shape index (κ3) is 4.08. The van der Waals surface area contributed by atoms with E-state index in [1.165, 1.54) is 4.31 Å². The van der Waals surface area contributed by atoms with E-state index >= 15 is 0 Å². The molecule has 134 valence electrons. The topological polar surface area (TPSA) is 78.5 Å². The number of carbonyl (C=O) groups is 1. The average Bonchev–Trinajstić information content (AvgIpc) is 3.07. The quantitative estimate of drug-likeness (QED) is 0.829. The van der Waals surface area contributed by atoms with Gasteiger partial charge >= 0.3 is 0 Å². The van der Waals surface area contributed by atoms with Crippen LogP contribution in [0.2, 0.25) is 0 Å².